The fraction of sp³-hybridized carbons (Fsp3) is 0.250. The molecule has 2 heterocycles. The number of hydrazine groups is 1. The number of pyridine rings is 1. The molecule has 0 aliphatic rings. The van der Waals surface area contributed by atoms with Gasteiger partial charge < -0.3 is 10.7 Å². The van der Waals surface area contributed by atoms with Crippen molar-refractivity contribution >= 4 is 23.1 Å². The normalized spacial score (nSPS) is 10.3. The number of thiazole rings is 1. The van der Waals surface area contributed by atoms with Crippen LogP contribution in [0.1, 0.15) is 26.8 Å². The van der Waals surface area contributed by atoms with Crippen molar-refractivity contribution in [1.82, 2.24) is 15.3 Å². The fourth-order valence-electron chi connectivity index (χ4n) is 1.64. The minimum absolute atomic E-state index is 0.173. The van der Waals surface area contributed by atoms with Gasteiger partial charge in [-0.2, -0.15) is 0 Å². The second kappa shape index (κ2) is 5.77. The molecule has 100 valence electrons. The number of amides is 1. The smallest absolute Gasteiger partial charge is 0.251 e. The molecule has 0 aromatic carbocycles. The third kappa shape index (κ3) is 3.49. The van der Waals surface area contributed by atoms with Crippen molar-refractivity contribution < 1.29 is 4.79 Å². The van der Waals surface area contributed by atoms with Crippen LogP contribution in [0.4, 0.5) is 5.82 Å². The molecule has 0 saturated carbocycles. The van der Waals surface area contributed by atoms with Crippen molar-refractivity contribution in [1.29, 1.82) is 0 Å². The minimum Gasteiger partial charge on any atom is -0.346 e. The molecule has 0 aliphatic heterocycles. The fourth-order valence-corrected chi connectivity index (χ4v) is 2.25. The first kappa shape index (κ1) is 13.4. The quantitative estimate of drug-likeness (QED) is 0.580. The number of hydrogen-bond donors (Lipinski definition) is 3. The van der Waals surface area contributed by atoms with Gasteiger partial charge in [-0.3, -0.25) is 4.79 Å². The number of aromatic nitrogens is 2. The van der Waals surface area contributed by atoms with E-state index in [-0.39, 0.29) is 5.91 Å². The van der Waals surface area contributed by atoms with E-state index in [9.17, 15) is 4.79 Å². The van der Waals surface area contributed by atoms with Crippen molar-refractivity contribution in [3.05, 3.63) is 39.5 Å². The molecule has 2 aromatic heterocycles. The third-order valence-electron chi connectivity index (χ3n) is 2.46. The van der Waals surface area contributed by atoms with E-state index in [0.717, 1.165) is 16.4 Å². The highest BCUT2D eigenvalue weighted by atomic mass is 32.1. The van der Waals surface area contributed by atoms with Crippen LogP contribution in [-0.4, -0.2) is 15.9 Å². The van der Waals surface area contributed by atoms with Gasteiger partial charge in [0.05, 0.1) is 17.2 Å². The van der Waals surface area contributed by atoms with E-state index in [1.165, 1.54) is 0 Å². The Bertz CT molecular complexity index is 596. The molecule has 2 rings (SSSR count). The van der Waals surface area contributed by atoms with Gasteiger partial charge in [-0.15, -0.1) is 11.3 Å². The van der Waals surface area contributed by atoms with Crippen molar-refractivity contribution in [3.63, 3.8) is 0 Å². The third-order valence-corrected chi connectivity index (χ3v) is 3.28. The van der Waals surface area contributed by atoms with E-state index in [4.69, 9.17) is 5.84 Å². The average molecular weight is 277 g/mol. The molecule has 7 heteroatoms. The molecular formula is C12H15N5OS. The Balaban J connectivity index is 2.05. The standard InChI is InChI=1S/C12H15N5OS/c1-7-3-9(4-11(15-7)17-13)12(18)14-5-10-6-19-8(2)16-10/h3-4,6H,5,13H2,1-2H3,(H,14,18)(H,15,17). The predicted molar refractivity (Wildman–Crippen MR) is 74.8 cm³/mol. The number of aryl methyl sites for hydroxylation is 2. The van der Waals surface area contributed by atoms with E-state index in [1.54, 1.807) is 30.4 Å². The van der Waals surface area contributed by atoms with Gasteiger partial charge in [0.25, 0.3) is 5.91 Å². The summed E-state index contributed by atoms with van der Waals surface area (Å²) in [6, 6.07) is 3.32. The topological polar surface area (TPSA) is 92.9 Å². The van der Waals surface area contributed by atoms with Crippen LogP contribution in [0.2, 0.25) is 0 Å². The van der Waals surface area contributed by atoms with Gasteiger partial charge in [0.15, 0.2) is 0 Å². The number of rotatable bonds is 4. The van der Waals surface area contributed by atoms with Gasteiger partial charge in [-0.05, 0) is 26.0 Å². The predicted octanol–water partition coefficient (Wildman–Crippen LogP) is 1.37. The van der Waals surface area contributed by atoms with Crippen LogP contribution in [0.5, 0.6) is 0 Å². The molecule has 0 radical (unpaired) electrons. The Labute approximate surface area is 115 Å². The zero-order valence-electron chi connectivity index (χ0n) is 10.7. The summed E-state index contributed by atoms with van der Waals surface area (Å²) < 4.78 is 0. The van der Waals surface area contributed by atoms with Crippen LogP contribution < -0.4 is 16.6 Å². The van der Waals surface area contributed by atoms with Crippen LogP contribution in [0.15, 0.2) is 17.5 Å². The molecule has 0 fully saturated rings. The molecule has 2 aromatic rings. The minimum atomic E-state index is -0.173. The molecule has 0 aliphatic carbocycles. The molecule has 0 bridgehead atoms. The van der Waals surface area contributed by atoms with E-state index in [0.29, 0.717) is 17.9 Å². The first-order valence-electron chi connectivity index (χ1n) is 5.73. The summed E-state index contributed by atoms with van der Waals surface area (Å²) in [5.41, 5.74) is 4.55. The van der Waals surface area contributed by atoms with Crippen molar-refractivity contribution in [2.75, 3.05) is 5.43 Å². The number of nitrogen functional groups attached to an aromatic ring is 1. The Hall–Kier alpha value is -1.99. The number of hydrogen-bond acceptors (Lipinski definition) is 6. The Morgan fingerprint density at radius 3 is 2.79 bits per heavy atom. The van der Waals surface area contributed by atoms with E-state index < -0.39 is 0 Å². The molecular weight excluding hydrogens is 262 g/mol. The maximum atomic E-state index is 12.0. The number of carbonyl (C=O) groups excluding carboxylic acids is 1. The molecule has 19 heavy (non-hydrogen) atoms. The monoisotopic (exact) mass is 277 g/mol. The van der Waals surface area contributed by atoms with E-state index in [2.05, 4.69) is 20.7 Å². The Morgan fingerprint density at radius 1 is 1.37 bits per heavy atom. The van der Waals surface area contributed by atoms with Crippen molar-refractivity contribution in [2.45, 2.75) is 20.4 Å². The molecule has 1 amide bonds. The lowest BCUT2D eigenvalue weighted by molar-refractivity contribution is 0.0950. The molecule has 6 nitrogen and oxygen atoms in total. The van der Waals surface area contributed by atoms with Crippen LogP contribution in [-0.2, 0) is 6.54 Å². The maximum Gasteiger partial charge on any atom is 0.251 e. The highest BCUT2D eigenvalue weighted by Gasteiger charge is 2.09. The summed E-state index contributed by atoms with van der Waals surface area (Å²) in [6.07, 6.45) is 0. The summed E-state index contributed by atoms with van der Waals surface area (Å²) in [4.78, 5) is 20.4. The second-order valence-corrected chi connectivity index (χ2v) is 5.13. The van der Waals surface area contributed by atoms with E-state index >= 15 is 0 Å². The van der Waals surface area contributed by atoms with Crippen LogP contribution in [0.3, 0.4) is 0 Å². The van der Waals surface area contributed by atoms with Gasteiger partial charge in [0, 0.05) is 16.6 Å². The highest BCUT2D eigenvalue weighted by Crippen LogP contribution is 2.10. The summed E-state index contributed by atoms with van der Waals surface area (Å²) in [7, 11) is 0. The molecule has 0 unspecified atom stereocenters. The largest absolute Gasteiger partial charge is 0.346 e. The number of nitrogens with two attached hydrogens (primary N) is 1. The van der Waals surface area contributed by atoms with Crippen molar-refractivity contribution in [2.24, 2.45) is 5.84 Å². The molecule has 0 saturated heterocycles. The molecule has 4 N–H and O–H groups in total. The first-order chi connectivity index (χ1) is 9.08. The molecule has 0 spiro atoms. The van der Waals surface area contributed by atoms with Gasteiger partial charge >= 0.3 is 0 Å². The summed E-state index contributed by atoms with van der Waals surface area (Å²) in [6.45, 7) is 4.15. The molecule has 0 atom stereocenters. The van der Waals surface area contributed by atoms with E-state index in [1.807, 2.05) is 12.3 Å². The summed E-state index contributed by atoms with van der Waals surface area (Å²) in [5.74, 6) is 5.60. The number of nitrogens with zero attached hydrogens (tertiary/aromatic N) is 2. The lowest BCUT2D eigenvalue weighted by Crippen LogP contribution is -2.23. The maximum absolute atomic E-state index is 12.0. The Kier molecular flexibility index (Phi) is 4.08. The van der Waals surface area contributed by atoms with Crippen LogP contribution in [0.25, 0.3) is 0 Å². The summed E-state index contributed by atoms with van der Waals surface area (Å²) in [5, 5.41) is 5.73. The van der Waals surface area contributed by atoms with Crippen molar-refractivity contribution in [3.8, 4) is 0 Å². The average Bonchev–Trinajstić information content (AvgIpc) is 2.81. The zero-order chi connectivity index (χ0) is 13.8. The number of anilines is 1. The second-order valence-electron chi connectivity index (χ2n) is 4.07. The highest BCUT2D eigenvalue weighted by molar-refractivity contribution is 7.09. The van der Waals surface area contributed by atoms with Gasteiger partial charge in [-0.1, -0.05) is 0 Å². The van der Waals surface area contributed by atoms with Crippen LogP contribution in [0, 0.1) is 13.8 Å². The zero-order valence-corrected chi connectivity index (χ0v) is 11.5. The number of carbonyl (C=O) groups is 1. The SMILES string of the molecule is Cc1cc(C(=O)NCc2csc(C)n2)cc(NN)n1. The van der Waals surface area contributed by atoms with Gasteiger partial charge in [-0.25, -0.2) is 15.8 Å². The van der Waals surface area contributed by atoms with Gasteiger partial charge in [0.2, 0.25) is 0 Å². The van der Waals surface area contributed by atoms with Crippen LogP contribution >= 0.6 is 11.3 Å². The lowest BCUT2D eigenvalue weighted by atomic mass is 10.2. The summed E-state index contributed by atoms with van der Waals surface area (Å²) >= 11 is 1.56. The Morgan fingerprint density at radius 2 is 2.16 bits per heavy atom. The lowest BCUT2D eigenvalue weighted by Gasteiger charge is -2.06. The number of nitrogens with one attached hydrogen (secondary N) is 2. The first-order valence-corrected chi connectivity index (χ1v) is 6.61. The van der Waals surface area contributed by atoms with Gasteiger partial charge in [0.1, 0.15) is 5.82 Å².